The number of nitrogens with one attached hydrogen (secondary N) is 1. The van der Waals surface area contributed by atoms with Crippen molar-refractivity contribution in [1.29, 1.82) is 0 Å². The molecule has 1 amide bonds. The fourth-order valence-corrected chi connectivity index (χ4v) is 2.77. The van der Waals surface area contributed by atoms with Crippen molar-refractivity contribution in [2.45, 2.75) is 19.3 Å². The molecule has 1 aliphatic rings. The minimum atomic E-state index is -0.421. The summed E-state index contributed by atoms with van der Waals surface area (Å²) in [6, 6.07) is 14.2. The van der Waals surface area contributed by atoms with Gasteiger partial charge in [0.25, 0.3) is 0 Å². The van der Waals surface area contributed by atoms with Gasteiger partial charge in [-0.05, 0) is 43.2 Å². The summed E-state index contributed by atoms with van der Waals surface area (Å²) in [7, 11) is 0. The first-order chi connectivity index (χ1) is 11.7. The number of nitrogens with zero attached hydrogens (tertiary/aromatic N) is 1. The van der Waals surface area contributed by atoms with Crippen LogP contribution >= 0.6 is 0 Å². The molecule has 2 aromatic rings. The van der Waals surface area contributed by atoms with Crippen molar-refractivity contribution >= 4 is 17.3 Å². The second kappa shape index (κ2) is 7.81. The Kier molecular flexibility index (Phi) is 5.31. The summed E-state index contributed by atoms with van der Waals surface area (Å²) in [5.74, 6) is 0.0335. The van der Waals surface area contributed by atoms with Crippen LogP contribution in [0, 0.1) is 5.82 Å². The lowest BCUT2D eigenvalue weighted by Gasteiger charge is -2.19. The lowest BCUT2D eigenvalue weighted by molar-refractivity contribution is -0.116. The number of ether oxygens (including phenoxy) is 1. The first kappa shape index (κ1) is 16.3. The van der Waals surface area contributed by atoms with Gasteiger partial charge in [-0.2, -0.15) is 0 Å². The predicted octanol–water partition coefficient (Wildman–Crippen LogP) is 3.83. The van der Waals surface area contributed by atoms with Crippen molar-refractivity contribution in [3.63, 3.8) is 0 Å². The molecule has 1 saturated heterocycles. The highest BCUT2D eigenvalue weighted by Gasteiger charge is 2.15. The minimum absolute atomic E-state index is 0.169. The van der Waals surface area contributed by atoms with Crippen molar-refractivity contribution in [3.8, 4) is 5.75 Å². The van der Waals surface area contributed by atoms with E-state index in [1.165, 1.54) is 6.07 Å². The maximum atomic E-state index is 13.9. The number of rotatable bonds is 6. The van der Waals surface area contributed by atoms with Crippen LogP contribution in [-0.2, 0) is 4.79 Å². The van der Waals surface area contributed by atoms with Crippen LogP contribution in [0.5, 0.6) is 5.75 Å². The van der Waals surface area contributed by atoms with Gasteiger partial charge in [0, 0.05) is 18.8 Å². The molecule has 0 bridgehead atoms. The SMILES string of the molecule is O=C(CCOc1ccccc1)Nc1cc(N2CCCC2)ccc1F. The Morgan fingerprint density at radius 1 is 1.12 bits per heavy atom. The van der Waals surface area contributed by atoms with E-state index >= 15 is 0 Å². The van der Waals surface area contributed by atoms with Crippen molar-refractivity contribution in [2.75, 3.05) is 29.9 Å². The molecule has 0 aliphatic carbocycles. The summed E-state index contributed by atoms with van der Waals surface area (Å²) in [6.45, 7) is 2.21. The van der Waals surface area contributed by atoms with E-state index in [9.17, 15) is 9.18 Å². The third kappa shape index (κ3) is 4.25. The van der Waals surface area contributed by atoms with Gasteiger partial charge in [0.2, 0.25) is 5.91 Å². The van der Waals surface area contributed by atoms with E-state index in [1.54, 1.807) is 12.1 Å². The summed E-state index contributed by atoms with van der Waals surface area (Å²) in [4.78, 5) is 14.2. The summed E-state index contributed by atoms with van der Waals surface area (Å²) in [5, 5.41) is 2.64. The number of hydrogen-bond acceptors (Lipinski definition) is 3. The number of benzene rings is 2. The van der Waals surface area contributed by atoms with Gasteiger partial charge in [0.1, 0.15) is 11.6 Å². The van der Waals surface area contributed by atoms with Gasteiger partial charge in [-0.1, -0.05) is 18.2 Å². The molecule has 1 heterocycles. The van der Waals surface area contributed by atoms with Gasteiger partial charge >= 0.3 is 0 Å². The monoisotopic (exact) mass is 328 g/mol. The zero-order valence-corrected chi connectivity index (χ0v) is 13.5. The van der Waals surface area contributed by atoms with Crippen LogP contribution in [-0.4, -0.2) is 25.6 Å². The zero-order chi connectivity index (χ0) is 16.8. The molecule has 0 atom stereocenters. The van der Waals surface area contributed by atoms with Crippen LogP contribution in [0.25, 0.3) is 0 Å². The molecular weight excluding hydrogens is 307 g/mol. The number of carbonyl (C=O) groups excluding carboxylic acids is 1. The van der Waals surface area contributed by atoms with E-state index in [2.05, 4.69) is 10.2 Å². The van der Waals surface area contributed by atoms with Gasteiger partial charge in [0.15, 0.2) is 0 Å². The molecule has 0 radical (unpaired) electrons. The highest BCUT2D eigenvalue weighted by molar-refractivity contribution is 5.91. The van der Waals surface area contributed by atoms with Gasteiger partial charge in [-0.15, -0.1) is 0 Å². The Labute approximate surface area is 141 Å². The Hall–Kier alpha value is -2.56. The van der Waals surface area contributed by atoms with Crippen molar-refractivity contribution < 1.29 is 13.9 Å². The number of carbonyl (C=O) groups is 1. The summed E-state index contributed by atoms with van der Waals surface area (Å²) in [5.41, 5.74) is 1.17. The maximum Gasteiger partial charge on any atom is 0.227 e. The molecule has 126 valence electrons. The Morgan fingerprint density at radius 3 is 2.62 bits per heavy atom. The fourth-order valence-electron chi connectivity index (χ4n) is 2.77. The number of hydrogen-bond donors (Lipinski definition) is 1. The molecule has 0 saturated carbocycles. The quantitative estimate of drug-likeness (QED) is 0.876. The zero-order valence-electron chi connectivity index (χ0n) is 13.5. The molecule has 4 nitrogen and oxygen atoms in total. The molecule has 1 N–H and O–H groups in total. The topological polar surface area (TPSA) is 41.6 Å². The molecular formula is C19H21FN2O2. The maximum absolute atomic E-state index is 13.9. The lowest BCUT2D eigenvalue weighted by Crippen LogP contribution is -2.19. The van der Waals surface area contributed by atoms with E-state index in [4.69, 9.17) is 4.74 Å². The van der Waals surface area contributed by atoms with Crippen LogP contribution < -0.4 is 15.0 Å². The summed E-state index contributed by atoms with van der Waals surface area (Å²) < 4.78 is 19.4. The van der Waals surface area contributed by atoms with Gasteiger partial charge in [-0.3, -0.25) is 4.79 Å². The molecule has 0 spiro atoms. The Bertz CT molecular complexity index is 685. The van der Waals surface area contributed by atoms with Crippen LogP contribution in [0.4, 0.5) is 15.8 Å². The van der Waals surface area contributed by atoms with Gasteiger partial charge in [-0.25, -0.2) is 4.39 Å². The average molecular weight is 328 g/mol. The van der Waals surface area contributed by atoms with E-state index in [0.717, 1.165) is 31.6 Å². The van der Waals surface area contributed by atoms with E-state index in [0.29, 0.717) is 5.75 Å². The van der Waals surface area contributed by atoms with E-state index in [1.807, 2.05) is 30.3 Å². The normalized spacial score (nSPS) is 13.8. The van der Waals surface area contributed by atoms with Crippen LogP contribution in [0.3, 0.4) is 0 Å². The van der Waals surface area contributed by atoms with E-state index < -0.39 is 5.82 Å². The third-order valence-electron chi connectivity index (χ3n) is 4.04. The van der Waals surface area contributed by atoms with Gasteiger partial charge < -0.3 is 15.0 Å². The summed E-state index contributed by atoms with van der Waals surface area (Å²) >= 11 is 0. The first-order valence-electron chi connectivity index (χ1n) is 8.24. The average Bonchev–Trinajstić information content (AvgIpc) is 3.12. The highest BCUT2D eigenvalue weighted by atomic mass is 19.1. The summed E-state index contributed by atoms with van der Waals surface area (Å²) in [6.07, 6.45) is 2.47. The van der Waals surface area contributed by atoms with Crippen LogP contribution in [0.2, 0.25) is 0 Å². The molecule has 5 heteroatoms. The standard InChI is InChI=1S/C19H21FN2O2/c20-17-9-8-15(22-11-4-5-12-22)14-18(17)21-19(23)10-13-24-16-6-2-1-3-7-16/h1-3,6-9,14H,4-5,10-13H2,(H,21,23). The molecule has 1 fully saturated rings. The fraction of sp³-hybridized carbons (Fsp3) is 0.316. The number of halogens is 1. The third-order valence-corrected chi connectivity index (χ3v) is 4.04. The largest absolute Gasteiger partial charge is 0.493 e. The van der Waals surface area contributed by atoms with Crippen LogP contribution in [0.15, 0.2) is 48.5 Å². The Balaban J connectivity index is 1.54. The molecule has 0 aromatic heterocycles. The number of amides is 1. The number of anilines is 2. The van der Waals surface area contributed by atoms with Gasteiger partial charge in [0.05, 0.1) is 18.7 Å². The second-order valence-electron chi connectivity index (χ2n) is 5.82. The lowest BCUT2D eigenvalue weighted by atomic mass is 10.2. The second-order valence-corrected chi connectivity index (χ2v) is 5.82. The molecule has 1 aliphatic heterocycles. The van der Waals surface area contributed by atoms with E-state index in [-0.39, 0.29) is 24.6 Å². The Morgan fingerprint density at radius 2 is 1.88 bits per heavy atom. The number of para-hydroxylation sites is 1. The molecule has 24 heavy (non-hydrogen) atoms. The highest BCUT2D eigenvalue weighted by Crippen LogP contribution is 2.25. The van der Waals surface area contributed by atoms with Crippen molar-refractivity contribution in [2.24, 2.45) is 0 Å². The predicted molar refractivity (Wildman–Crippen MR) is 93.0 cm³/mol. The van der Waals surface area contributed by atoms with Crippen molar-refractivity contribution in [3.05, 3.63) is 54.3 Å². The first-order valence-corrected chi connectivity index (χ1v) is 8.24. The van der Waals surface area contributed by atoms with Crippen molar-refractivity contribution in [1.82, 2.24) is 0 Å². The van der Waals surface area contributed by atoms with Crippen LogP contribution in [0.1, 0.15) is 19.3 Å². The smallest absolute Gasteiger partial charge is 0.227 e. The molecule has 2 aromatic carbocycles. The molecule has 3 rings (SSSR count). The minimum Gasteiger partial charge on any atom is -0.493 e. The molecule has 0 unspecified atom stereocenters.